The van der Waals surface area contributed by atoms with Crippen molar-refractivity contribution in [2.24, 2.45) is 0 Å². The van der Waals surface area contributed by atoms with Gasteiger partial charge in [0.05, 0.1) is 6.10 Å². The first kappa shape index (κ1) is 10.3. The van der Waals surface area contributed by atoms with E-state index in [9.17, 15) is 0 Å². The Kier molecular flexibility index (Phi) is 2.67. The van der Waals surface area contributed by atoms with Crippen LogP contribution in [0, 0.1) is 0 Å². The third kappa shape index (κ3) is 1.86. The molecule has 1 fully saturated rings. The fraction of sp³-hybridized carbons (Fsp3) is 0.833. The number of hydrogen-bond donors (Lipinski definition) is 0. The minimum Gasteiger partial charge on any atom is -0.378 e. The Morgan fingerprint density at radius 1 is 1.38 bits per heavy atom. The first-order valence-corrected chi connectivity index (χ1v) is 6.38. The van der Waals surface area contributed by atoms with E-state index in [-0.39, 0.29) is 0 Å². The van der Waals surface area contributed by atoms with Crippen molar-refractivity contribution in [3.05, 3.63) is 11.6 Å². The minimum absolute atomic E-state index is 0.361. The lowest BCUT2D eigenvalue weighted by molar-refractivity contribution is 0.110. The molecule has 2 unspecified atom stereocenters. The first-order valence-electron chi connectivity index (χ1n) is 6.38. The number of aryl methyl sites for hydroxylation is 1. The molecule has 16 heavy (non-hydrogen) atoms. The van der Waals surface area contributed by atoms with Gasteiger partial charge in [0.2, 0.25) is 0 Å². The molecule has 2 atom stereocenters. The number of nitrogens with zero attached hydrogens (tertiary/aromatic N) is 3. The smallest absolute Gasteiger partial charge is 0.153 e. The number of hydrogen-bond acceptors (Lipinski definition) is 3. The van der Waals surface area contributed by atoms with Gasteiger partial charge < -0.3 is 4.74 Å². The summed E-state index contributed by atoms with van der Waals surface area (Å²) < 4.78 is 7.72. The normalized spacial score (nSPS) is 29.3. The number of fused-ring (bicyclic) bond motifs is 1. The lowest BCUT2D eigenvalue weighted by Crippen LogP contribution is -2.14. The Hall–Kier alpha value is -0.900. The van der Waals surface area contributed by atoms with E-state index in [1.807, 2.05) is 0 Å². The van der Waals surface area contributed by atoms with Gasteiger partial charge in [0.15, 0.2) is 5.82 Å². The third-order valence-corrected chi connectivity index (χ3v) is 3.63. The van der Waals surface area contributed by atoms with Crippen LogP contribution in [0.3, 0.4) is 0 Å². The third-order valence-electron chi connectivity index (χ3n) is 3.63. The summed E-state index contributed by atoms with van der Waals surface area (Å²) in [5, 5.41) is 4.59. The van der Waals surface area contributed by atoms with Gasteiger partial charge in [-0.1, -0.05) is 6.92 Å². The Morgan fingerprint density at radius 3 is 3.06 bits per heavy atom. The molecular weight excluding hydrogens is 202 g/mol. The zero-order valence-corrected chi connectivity index (χ0v) is 9.85. The van der Waals surface area contributed by atoms with Gasteiger partial charge in [-0.25, -0.2) is 9.67 Å². The second-order valence-corrected chi connectivity index (χ2v) is 4.99. The summed E-state index contributed by atoms with van der Waals surface area (Å²) in [6.07, 6.45) is 6.09. The molecule has 0 N–H and O–H groups in total. The SMILES string of the molecule is CC1CCCn2nc(CC3CCCO3)nc21. The van der Waals surface area contributed by atoms with Crippen LogP contribution in [0.25, 0.3) is 0 Å². The van der Waals surface area contributed by atoms with Crippen LogP contribution in [-0.4, -0.2) is 27.5 Å². The first-order chi connectivity index (χ1) is 7.83. The van der Waals surface area contributed by atoms with Crippen molar-refractivity contribution < 1.29 is 4.74 Å². The van der Waals surface area contributed by atoms with E-state index in [0.717, 1.165) is 25.4 Å². The van der Waals surface area contributed by atoms with Crippen LogP contribution in [0.4, 0.5) is 0 Å². The van der Waals surface area contributed by atoms with Gasteiger partial charge in [0.1, 0.15) is 5.82 Å². The maximum atomic E-state index is 5.63. The molecule has 0 spiro atoms. The number of ether oxygens (including phenoxy) is 1. The summed E-state index contributed by atoms with van der Waals surface area (Å²) in [6.45, 7) is 4.20. The Morgan fingerprint density at radius 2 is 2.31 bits per heavy atom. The van der Waals surface area contributed by atoms with Gasteiger partial charge in [0, 0.05) is 25.5 Å². The lowest BCUT2D eigenvalue weighted by Gasteiger charge is -2.17. The molecular formula is C12H19N3O. The van der Waals surface area contributed by atoms with E-state index in [4.69, 9.17) is 4.74 Å². The average Bonchev–Trinajstić information content (AvgIpc) is 2.88. The fourth-order valence-electron chi connectivity index (χ4n) is 2.70. The second kappa shape index (κ2) is 4.17. The van der Waals surface area contributed by atoms with Gasteiger partial charge in [0.25, 0.3) is 0 Å². The van der Waals surface area contributed by atoms with Crippen molar-refractivity contribution >= 4 is 0 Å². The molecule has 3 heterocycles. The molecule has 4 heteroatoms. The molecule has 4 nitrogen and oxygen atoms in total. The maximum Gasteiger partial charge on any atom is 0.153 e. The minimum atomic E-state index is 0.361. The van der Waals surface area contributed by atoms with Crippen LogP contribution in [0.1, 0.15) is 50.2 Å². The van der Waals surface area contributed by atoms with Crippen molar-refractivity contribution in [3.8, 4) is 0 Å². The summed E-state index contributed by atoms with van der Waals surface area (Å²) in [6, 6.07) is 0. The molecule has 0 bridgehead atoms. The standard InChI is InChI=1S/C12H19N3O/c1-9-4-2-6-15-12(9)13-11(14-15)8-10-5-3-7-16-10/h9-10H,2-8H2,1H3. The van der Waals surface area contributed by atoms with E-state index in [1.165, 1.54) is 31.5 Å². The molecule has 0 saturated carbocycles. The van der Waals surface area contributed by atoms with Gasteiger partial charge in [-0.2, -0.15) is 5.10 Å². The molecule has 0 aliphatic carbocycles. The summed E-state index contributed by atoms with van der Waals surface area (Å²) in [4.78, 5) is 4.67. The summed E-state index contributed by atoms with van der Waals surface area (Å²) >= 11 is 0. The van der Waals surface area contributed by atoms with Gasteiger partial charge in [-0.05, 0) is 25.7 Å². The van der Waals surface area contributed by atoms with E-state index in [1.54, 1.807) is 0 Å². The topological polar surface area (TPSA) is 39.9 Å². The summed E-state index contributed by atoms with van der Waals surface area (Å²) in [7, 11) is 0. The predicted octanol–water partition coefficient (Wildman–Crippen LogP) is 1.90. The molecule has 1 saturated heterocycles. The zero-order chi connectivity index (χ0) is 11.0. The van der Waals surface area contributed by atoms with Crippen molar-refractivity contribution in [2.45, 2.75) is 57.6 Å². The van der Waals surface area contributed by atoms with E-state index in [0.29, 0.717) is 12.0 Å². The van der Waals surface area contributed by atoms with Crippen LogP contribution < -0.4 is 0 Å². The zero-order valence-electron chi connectivity index (χ0n) is 9.85. The van der Waals surface area contributed by atoms with Crippen molar-refractivity contribution in [1.82, 2.24) is 14.8 Å². The van der Waals surface area contributed by atoms with Crippen LogP contribution in [-0.2, 0) is 17.7 Å². The number of aromatic nitrogens is 3. The second-order valence-electron chi connectivity index (χ2n) is 4.99. The van der Waals surface area contributed by atoms with Crippen LogP contribution >= 0.6 is 0 Å². The molecule has 88 valence electrons. The summed E-state index contributed by atoms with van der Waals surface area (Å²) in [5.41, 5.74) is 0. The summed E-state index contributed by atoms with van der Waals surface area (Å²) in [5.74, 6) is 2.73. The van der Waals surface area contributed by atoms with Gasteiger partial charge in [-0.15, -0.1) is 0 Å². The Bertz CT molecular complexity index is 368. The van der Waals surface area contributed by atoms with Crippen LogP contribution in [0.5, 0.6) is 0 Å². The molecule has 1 aromatic heterocycles. The molecule has 0 aromatic carbocycles. The molecule has 2 aliphatic heterocycles. The highest BCUT2D eigenvalue weighted by Crippen LogP contribution is 2.25. The van der Waals surface area contributed by atoms with Gasteiger partial charge in [-0.3, -0.25) is 0 Å². The van der Waals surface area contributed by atoms with E-state index < -0.39 is 0 Å². The van der Waals surface area contributed by atoms with Crippen molar-refractivity contribution in [2.75, 3.05) is 6.61 Å². The highest BCUT2D eigenvalue weighted by Gasteiger charge is 2.23. The molecule has 3 rings (SSSR count). The molecule has 0 radical (unpaired) electrons. The quantitative estimate of drug-likeness (QED) is 0.765. The average molecular weight is 221 g/mol. The largest absolute Gasteiger partial charge is 0.378 e. The van der Waals surface area contributed by atoms with Gasteiger partial charge >= 0.3 is 0 Å². The van der Waals surface area contributed by atoms with E-state index in [2.05, 4.69) is 21.7 Å². The molecule has 0 amide bonds. The maximum absolute atomic E-state index is 5.63. The van der Waals surface area contributed by atoms with Crippen LogP contribution in [0.15, 0.2) is 0 Å². The van der Waals surface area contributed by atoms with Crippen molar-refractivity contribution in [3.63, 3.8) is 0 Å². The molecule has 2 aliphatic rings. The molecule has 1 aromatic rings. The lowest BCUT2D eigenvalue weighted by atomic mass is 10.0. The Labute approximate surface area is 96.0 Å². The monoisotopic (exact) mass is 221 g/mol. The van der Waals surface area contributed by atoms with E-state index >= 15 is 0 Å². The number of rotatable bonds is 2. The predicted molar refractivity (Wildman–Crippen MR) is 60.3 cm³/mol. The van der Waals surface area contributed by atoms with Crippen molar-refractivity contribution in [1.29, 1.82) is 0 Å². The highest BCUT2D eigenvalue weighted by atomic mass is 16.5. The van der Waals surface area contributed by atoms with Crippen LogP contribution in [0.2, 0.25) is 0 Å². The fourth-order valence-corrected chi connectivity index (χ4v) is 2.70. The Balaban J connectivity index is 1.75. The highest BCUT2D eigenvalue weighted by molar-refractivity contribution is 5.02.